The van der Waals surface area contributed by atoms with Crippen LogP contribution in [0.1, 0.15) is 58.3 Å². The second-order valence-electron chi connectivity index (χ2n) is 7.63. The van der Waals surface area contributed by atoms with E-state index in [1.54, 1.807) is 0 Å². The zero-order valence-corrected chi connectivity index (χ0v) is 13.1. The number of nitrogens with zero attached hydrogens (tertiary/aromatic N) is 1. The molecule has 2 atom stereocenters. The largest absolute Gasteiger partial charge is 0.358 e. The average molecular weight is 292 g/mol. The Bertz CT molecular complexity index is 400. The van der Waals surface area contributed by atoms with Crippen LogP contribution in [0.25, 0.3) is 0 Å². The van der Waals surface area contributed by atoms with E-state index in [0.29, 0.717) is 23.9 Å². The molecular weight excluding hydrogens is 264 g/mol. The monoisotopic (exact) mass is 292 g/mol. The van der Waals surface area contributed by atoms with Gasteiger partial charge in [-0.05, 0) is 43.9 Å². The first kappa shape index (κ1) is 14.9. The lowest BCUT2D eigenvalue weighted by atomic mass is 9.92. The number of hydrogen-bond donors (Lipinski definition) is 1. The van der Waals surface area contributed by atoms with Crippen LogP contribution in [0.5, 0.6) is 0 Å². The van der Waals surface area contributed by atoms with Crippen molar-refractivity contribution in [3.8, 4) is 0 Å². The van der Waals surface area contributed by atoms with Crippen molar-refractivity contribution in [3.05, 3.63) is 0 Å². The normalized spacial score (nSPS) is 28.8. The summed E-state index contributed by atoms with van der Waals surface area (Å²) < 4.78 is 0. The molecule has 4 nitrogen and oxygen atoms in total. The van der Waals surface area contributed by atoms with Crippen LogP contribution in [0.2, 0.25) is 0 Å². The van der Waals surface area contributed by atoms with E-state index in [0.717, 1.165) is 19.4 Å². The minimum atomic E-state index is -0.0188. The predicted octanol–water partition coefficient (Wildman–Crippen LogP) is 2.33. The Labute approximate surface area is 127 Å². The topological polar surface area (TPSA) is 49.4 Å². The lowest BCUT2D eigenvalue weighted by Crippen LogP contribution is -2.42. The first-order chi connectivity index (χ1) is 10.1. The van der Waals surface area contributed by atoms with Gasteiger partial charge in [0.25, 0.3) is 0 Å². The van der Waals surface area contributed by atoms with E-state index in [9.17, 15) is 9.59 Å². The maximum Gasteiger partial charge on any atom is 0.227 e. The minimum Gasteiger partial charge on any atom is -0.358 e. The number of nitrogens with one attached hydrogen (secondary N) is 1. The van der Waals surface area contributed by atoms with Gasteiger partial charge in [-0.15, -0.1) is 0 Å². The summed E-state index contributed by atoms with van der Waals surface area (Å²) in [6.07, 6.45) is 10.6. The summed E-state index contributed by atoms with van der Waals surface area (Å²) >= 11 is 0. The molecule has 2 aliphatic carbocycles. The van der Waals surface area contributed by atoms with E-state index < -0.39 is 0 Å². The van der Waals surface area contributed by atoms with Gasteiger partial charge >= 0.3 is 0 Å². The van der Waals surface area contributed by atoms with E-state index in [1.165, 1.54) is 44.9 Å². The molecule has 0 radical (unpaired) electrons. The standard InChI is InChI=1S/C17H28N2O2/c1-13-9-17(6-7-17)11-19(13)16(21)15(10-18-12-20)8-14-4-2-3-5-14/h12-15H,2-11H2,1H3,(H,18,20). The second kappa shape index (κ2) is 5.98. The molecule has 118 valence electrons. The van der Waals surface area contributed by atoms with Crippen molar-refractivity contribution in [2.24, 2.45) is 17.3 Å². The summed E-state index contributed by atoms with van der Waals surface area (Å²) in [5.41, 5.74) is 0.463. The maximum atomic E-state index is 12.9. The molecule has 4 heteroatoms. The highest BCUT2D eigenvalue weighted by Gasteiger charge is 2.52. The first-order valence-electron chi connectivity index (χ1n) is 8.61. The van der Waals surface area contributed by atoms with E-state index in [1.807, 2.05) is 0 Å². The SMILES string of the molecule is CC1CC2(CC2)CN1C(=O)C(CNC=O)CC1CCCC1. The smallest absolute Gasteiger partial charge is 0.227 e. The van der Waals surface area contributed by atoms with Gasteiger partial charge < -0.3 is 10.2 Å². The molecule has 21 heavy (non-hydrogen) atoms. The molecule has 2 saturated carbocycles. The van der Waals surface area contributed by atoms with Gasteiger partial charge in [-0.2, -0.15) is 0 Å². The van der Waals surface area contributed by atoms with E-state index >= 15 is 0 Å². The van der Waals surface area contributed by atoms with Gasteiger partial charge in [0.15, 0.2) is 0 Å². The molecule has 2 unspecified atom stereocenters. The third-order valence-corrected chi connectivity index (χ3v) is 5.90. The van der Waals surface area contributed by atoms with Gasteiger partial charge in [-0.3, -0.25) is 9.59 Å². The van der Waals surface area contributed by atoms with Crippen molar-refractivity contribution in [1.82, 2.24) is 10.2 Å². The van der Waals surface area contributed by atoms with Crippen molar-refractivity contribution in [3.63, 3.8) is 0 Å². The summed E-state index contributed by atoms with van der Waals surface area (Å²) in [5.74, 6) is 0.947. The summed E-state index contributed by atoms with van der Waals surface area (Å²) in [7, 11) is 0. The van der Waals surface area contributed by atoms with Crippen LogP contribution in [0.4, 0.5) is 0 Å². The van der Waals surface area contributed by atoms with Crippen molar-refractivity contribution >= 4 is 12.3 Å². The minimum absolute atomic E-state index is 0.0188. The van der Waals surface area contributed by atoms with Crippen LogP contribution in [0.15, 0.2) is 0 Å². The highest BCUT2D eigenvalue weighted by molar-refractivity contribution is 5.80. The fraction of sp³-hybridized carbons (Fsp3) is 0.882. The average Bonchev–Trinajstić information content (AvgIpc) is 2.88. The Morgan fingerprint density at radius 1 is 1.38 bits per heavy atom. The Morgan fingerprint density at radius 3 is 2.67 bits per heavy atom. The second-order valence-corrected chi connectivity index (χ2v) is 7.63. The number of carbonyl (C=O) groups excluding carboxylic acids is 2. The molecule has 1 aliphatic heterocycles. The molecule has 1 N–H and O–H groups in total. The van der Waals surface area contributed by atoms with Crippen LogP contribution >= 0.6 is 0 Å². The third-order valence-electron chi connectivity index (χ3n) is 5.90. The van der Waals surface area contributed by atoms with Crippen LogP contribution in [0, 0.1) is 17.3 Å². The van der Waals surface area contributed by atoms with Crippen LogP contribution < -0.4 is 5.32 Å². The molecule has 0 bridgehead atoms. The maximum absolute atomic E-state index is 12.9. The van der Waals surface area contributed by atoms with Gasteiger partial charge in [0.1, 0.15) is 0 Å². The van der Waals surface area contributed by atoms with E-state index in [-0.39, 0.29) is 11.8 Å². The van der Waals surface area contributed by atoms with E-state index in [4.69, 9.17) is 0 Å². The Kier molecular flexibility index (Phi) is 4.23. The Hall–Kier alpha value is -1.06. The lowest BCUT2D eigenvalue weighted by molar-refractivity contribution is -0.136. The highest BCUT2D eigenvalue weighted by atomic mass is 16.2. The predicted molar refractivity (Wildman–Crippen MR) is 81.6 cm³/mol. The lowest BCUT2D eigenvalue weighted by Gasteiger charge is -2.28. The molecule has 3 fully saturated rings. The van der Waals surface area contributed by atoms with Crippen molar-refractivity contribution < 1.29 is 9.59 Å². The molecule has 0 aromatic rings. The zero-order valence-electron chi connectivity index (χ0n) is 13.1. The summed E-state index contributed by atoms with van der Waals surface area (Å²) in [6.45, 7) is 3.65. The van der Waals surface area contributed by atoms with E-state index in [2.05, 4.69) is 17.1 Å². The molecule has 0 aromatic carbocycles. The summed E-state index contributed by atoms with van der Waals surface area (Å²) in [6, 6.07) is 0.377. The Morgan fingerprint density at radius 2 is 2.10 bits per heavy atom. The highest BCUT2D eigenvalue weighted by Crippen LogP contribution is 2.55. The van der Waals surface area contributed by atoms with Gasteiger partial charge in [0.05, 0.1) is 5.92 Å². The van der Waals surface area contributed by atoms with Crippen LogP contribution in [0.3, 0.4) is 0 Å². The van der Waals surface area contributed by atoms with Crippen molar-refractivity contribution in [2.75, 3.05) is 13.1 Å². The zero-order chi connectivity index (χ0) is 14.9. The molecule has 2 amide bonds. The number of likely N-dealkylation sites (tertiary alicyclic amines) is 1. The molecule has 1 heterocycles. The van der Waals surface area contributed by atoms with Crippen LogP contribution in [-0.2, 0) is 9.59 Å². The quantitative estimate of drug-likeness (QED) is 0.764. The Balaban J connectivity index is 1.62. The molecule has 1 saturated heterocycles. The number of hydrogen-bond acceptors (Lipinski definition) is 2. The molecule has 1 spiro atoms. The fourth-order valence-electron chi connectivity index (χ4n) is 4.50. The van der Waals surface area contributed by atoms with Crippen molar-refractivity contribution in [1.29, 1.82) is 0 Å². The van der Waals surface area contributed by atoms with Gasteiger partial charge in [0, 0.05) is 19.1 Å². The molecule has 3 aliphatic rings. The number of amides is 2. The van der Waals surface area contributed by atoms with Crippen LogP contribution in [-0.4, -0.2) is 36.3 Å². The fourth-order valence-corrected chi connectivity index (χ4v) is 4.50. The third kappa shape index (κ3) is 3.24. The van der Waals surface area contributed by atoms with Gasteiger partial charge in [-0.1, -0.05) is 25.7 Å². The van der Waals surface area contributed by atoms with Crippen molar-refractivity contribution in [2.45, 2.75) is 64.3 Å². The molecular formula is C17H28N2O2. The summed E-state index contributed by atoms with van der Waals surface area (Å²) in [5, 5.41) is 2.75. The van der Waals surface area contributed by atoms with Gasteiger partial charge in [-0.25, -0.2) is 0 Å². The molecule has 0 aromatic heterocycles. The first-order valence-corrected chi connectivity index (χ1v) is 8.61. The number of carbonyl (C=O) groups is 2. The molecule has 3 rings (SSSR count). The number of rotatable bonds is 6. The van der Waals surface area contributed by atoms with Gasteiger partial charge in [0.2, 0.25) is 12.3 Å². The summed E-state index contributed by atoms with van der Waals surface area (Å²) in [4.78, 5) is 25.7.